The minimum atomic E-state index is 0.648. The molecule has 2 rings (SSSR count). The SMILES string of the molecule is CCN(CC)c1ncc2nccnc2n1. The molecule has 0 aliphatic carbocycles. The molecule has 2 heterocycles. The number of anilines is 1. The number of aromatic nitrogens is 4. The second kappa shape index (κ2) is 4.16. The summed E-state index contributed by atoms with van der Waals surface area (Å²) >= 11 is 0. The first-order chi connectivity index (χ1) is 7.35. The zero-order valence-electron chi connectivity index (χ0n) is 8.88. The van der Waals surface area contributed by atoms with Gasteiger partial charge in [-0.05, 0) is 13.8 Å². The van der Waals surface area contributed by atoms with Gasteiger partial charge in [0, 0.05) is 25.5 Å². The van der Waals surface area contributed by atoms with Crippen LogP contribution in [0.1, 0.15) is 13.8 Å². The molecule has 0 saturated heterocycles. The summed E-state index contributed by atoms with van der Waals surface area (Å²) in [4.78, 5) is 19.0. The van der Waals surface area contributed by atoms with Crippen LogP contribution in [0.5, 0.6) is 0 Å². The number of hydrogen-bond acceptors (Lipinski definition) is 5. The molecule has 0 saturated carbocycles. The van der Waals surface area contributed by atoms with Gasteiger partial charge in [-0.3, -0.25) is 0 Å². The Morgan fingerprint density at radius 2 is 1.80 bits per heavy atom. The third-order valence-electron chi connectivity index (χ3n) is 2.26. The van der Waals surface area contributed by atoms with Crippen LogP contribution in [0.15, 0.2) is 18.6 Å². The van der Waals surface area contributed by atoms with Crippen molar-refractivity contribution in [3.63, 3.8) is 0 Å². The van der Waals surface area contributed by atoms with Crippen LogP contribution in [0, 0.1) is 0 Å². The van der Waals surface area contributed by atoms with Crippen LogP contribution in [-0.4, -0.2) is 33.0 Å². The smallest absolute Gasteiger partial charge is 0.227 e. The lowest BCUT2D eigenvalue weighted by Gasteiger charge is -2.17. The summed E-state index contributed by atoms with van der Waals surface area (Å²) in [6, 6.07) is 0. The lowest BCUT2D eigenvalue weighted by molar-refractivity contribution is 0.824. The molecule has 5 heteroatoms. The Bertz CT molecular complexity index is 452. The summed E-state index contributed by atoms with van der Waals surface area (Å²) in [5, 5.41) is 0. The van der Waals surface area contributed by atoms with Crippen LogP contribution in [-0.2, 0) is 0 Å². The van der Waals surface area contributed by atoms with Crippen molar-refractivity contribution in [3.8, 4) is 0 Å². The van der Waals surface area contributed by atoms with E-state index in [1.807, 2.05) is 0 Å². The van der Waals surface area contributed by atoms with Crippen molar-refractivity contribution in [2.45, 2.75) is 13.8 Å². The molecule has 0 bridgehead atoms. The van der Waals surface area contributed by atoms with Gasteiger partial charge in [-0.2, -0.15) is 4.98 Å². The molecule has 5 nitrogen and oxygen atoms in total. The summed E-state index contributed by atoms with van der Waals surface area (Å²) < 4.78 is 0. The molecule has 0 N–H and O–H groups in total. The van der Waals surface area contributed by atoms with E-state index >= 15 is 0 Å². The maximum Gasteiger partial charge on any atom is 0.227 e. The van der Waals surface area contributed by atoms with E-state index in [0.717, 1.165) is 18.6 Å². The highest BCUT2D eigenvalue weighted by molar-refractivity contribution is 5.69. The van der Waals surface area contributed by atoms with Crippen molar-refractivity contribution >= 4 is 17.1 Å². The van der Waals surface area contributed by atoms with Crippen LogP contribution >= 0.6 is 0 Å². The molecule has 0 aromatic carbocycles. The van der Waals surface area contributed by atoms with Crippen molar-refractivity contribution in [2.75, 3.05) is 18.0 Å². The first-order valence-electron chi connectivity index (χ1n) is 5.03. The molecule has 0 aliphatic heterocycles. The molecule has 0 spiro atoms. The normalized spacial score (nSPS) is 10.5. The Balaban J connectivity index is 2.46. The molecule has 0 atom stereocenters. The third-order valence-corrected chi connectivity index (χ3v) is 2.26. The Morgan fingerprint density at radius 3 is 2.53 bits per heavy atom. The predicted molar refractivity (Wildman–Crippen MR) is 58.7 cm³/mol. The third kappa shape index (κ3) is 1.86. The number of hydrogen-bond donors (Lipinski definition) is 0. The van der Waals surface area contributed by atoms with E-state index in [0.29, 0.717) is 11.6 Å². The standard InChI is InChI=1S/C10H13N5/c1-3-15(4-2)10-13-7-8-9(14-10)12-6-5-11-8/h5-7H,3-4H2,1-2H3. The number of fused-ring (bicyclic) bond motifs is 1. The van der Waals surface area contributed by atoms with Crippen LogP contribution in [0.4, 0.5) is 5.95 Å². The second-order valence-electron chi connectivity index (χ2n) is 3.11. The molecule has 0 fully saturated rings. The summed E-state index contributed by atoms with van der Waals surface area (Å²) in [6.07, 6.45) is 4.99. The second-order valence-corrected chi connectivity index (χ2v) is 3.11. The fraction of sp³-hybridized carbons (Fsp3) is 0.400. The first-order valence-corrected chi connectivity index (χ1v) is 5.03. The fourth-order valence-corrected chi connectivity index (χ4v) is 1.42. The van der Waals surface area contributed by atoms with Gasteiger partial charge in [-0.1, -0.05) is 0 Å². The first kappa shape index (κ1) is 9.76. The van der Waals surface area contributed by atoms with Gasteiger partial charge in [0.15, 0.2) is 5.65 Å². The van der Waals surface area contributed by atoms with Crippen molar-refractivity contribution in [1.29, 1.82) is 0 Å². The summed E-state index contributed by atoms with van der Waals surface area (Å²) in [6.45, 7) is 5.94. The molecular weight excluding hydrogens is 190 g/mol. The maximum absolute atomic E-state index is 4.36. The monoisotopic (exact) mass is 203 g/mol. The van der Waals surface area contributed by atoms with Gasteiger partial charge >= 0.3 is 0 Å². The van der Waals surface area contributed by atoms with E-state index in [4.69, 9.17) is 0 Å². The molecule has 0 unspecified atom stereocenters. The summed E-state index contributed by atoms with van der Waals surface area (Å²) in [7, 11) is 0. The highest BCUT2D eigenvalue weighted by Crippen LogP contribution is 2.10. The number of nitrogens with zero attached hydrogens (tertiary/aromatic N) is 5. The Kier molecular flexibility index (Phi) is 2.71. The van der Waals surface area contributed by atoms with Gasteiger partial charge in [0.1, 0.15) is 5.52 Å². The largest absolute Gasteiger partial charge is 0.341 e. The topological polar surface area (TPSA) is 54.8 Å². The van der Waals surface area contributed by atoms with Gasteiger partial charge in [-0.25, -0.2) is 15.0 Å². The lowest BCUT2D eigenvalue weighted by Crippen LogP contribution is -2.24. The summed E-state index contributed by atoms with van der Waals surface area (Å²) in [5.74, 6) is 0.716. The Morgan fingerprint density at radius 1 is 1.07 bits per heavy atom. The van der Waals surface area contributed by atoms with Gasteiger partial charge in [0.2, 0.25) is 5.95 Å². The average molecular weight is 203 g/mol. The molecule has 2 aromatic rings. The van der Waals surface area contributed by atoms with Crippen LogP contribution in [0.25, 0.3) is 11.2 Å². The predicted octanol–water partition coefficient (Wildman–Crippen LogP) is 1.27. The van der Waals surface area contributed by atoms with E-state index < -0.39 is 0 Å². The van der Waals surface area contributed by atoms with Crippen molar-refractivity contribution in [1.82, 2.24) is 19.9 Å². The van der Waals surface area contributed by atoms with Crippen LogP contribution in [0.3, 0.4) is 0 Å². The molecule has 78 valence electrons. The molecule has 0 radical (unpaired) electrons. The number of rotatable bonds is 3. The quantitative estimate of drug-likeness (QED) is 0.751. The van der Waals surface area contributed by atoms with E-state index in [-0.39, 0.29) is 0 Å². The lowest BCUT2D eigenvalue weighted by atomic mass is 10.5. The van der Waals surface area contributed by atoms with E-state index in [1.165, 1.54) is 0 Å². The molecule has 2 aromatic heterocycles. The minimum absolute atomic E-state index is 0.648. The fourth-order valence-electron chi connectivity index (χ4n) is 1.42. The molecule has 0 amide bonds. The van der Waals surface area contributed by atoms with E-state index in [2.05, 4.69) is 38.7 Å². The van der Waals surface area contributed by atoms with Crippen molar-refractivity contribution < 1.29 is 0 Å². The zero-order chi connectivity index (χ0) is 10.7. The highest BCUT2D eigenvalue weighted by atomic mass is 15.2. The van der Waals surface area contributed by atoms with Gasteiger partial charge < -0.3 is 4.90 Å². The maximum atomic E-state index is 4.36. The minimum Gasteiger partial charge on any atom is -0.341 e. The zero-order valence-corrected chi connectivity index (χ0v) is 8.88. The molecule has 15 heavy (non-hydrogen) atoms. The molecule has 0 aliphatic rings. The molecular formula is C10H13N5. The average Bonchev–Trinajstić information content (AvgIpc) is 2.30. The Labute approximate surface area is 88.2 Å². The Hall–Kier alpha value is -1.78. The van der Waals surface area contributed by atoms with Crippen molar-refractivity contribution in [2.24, 2.45) is 0 Å². The van der Waals surface area contributed by atoms with Crippen LogP contribution in [0.2, 0.25) is 0 Å². The van der Waals surface area contributed by atoms with Gasteiger partial charge in [0.25, 0.3) is 0 Å². The van der Waals surface area contributed by atoms with Gasteiger partial charge in [-0.15, -0.1) is 0 Å². The van der Waals surface area contributed by atoms with E-state index in [9.17, 15) is 0 Å². The summed E-state index contributed by atoms with van der Waals surface area (Å²) in [5.41, 5.74) is 1.38. The van der Waals surface area contributed by atoms with Gasteiger partial charge in [0.05, 0.1) is 6.20 Å². The highest BCUT2D eigenvalue weighted by Gasteiger charge is 2.06. The van der Waals surface area contributed by atoms with Crippen LogP contribution < -0.4 is 4.90 Å². The van der Waals surface area contributed by atoms with E-state index in [1.54, 1.807) is 18.6 Å². The van der Waals surface area contributed by atoms with Crippen molar-refractivity contribution in [3.05, 3.63) is 18.6 Å².